The first-order chi connectivity index (χ1) is 12.9. The Hall–Kier alpha value is -1.82. The zero-order valence-electron chi connectivity index (χ0n) is 14.5. The van der Waals surface area contributed by atoms with Crippen molar-refractivity contribution in [3.05, 3.63) is 45.7 Å². The molecule has 2 aromatic heterocycles. The Morgan fingerprint density at radius 1 is 1.04 bits per heavy atom. The number of halogens is 1. The van der Waals surface area contributed by atoms with E-state index in [1.54, 1.807) is 16.8 Å². The number of tetrazole rings is 1. The third-order valence-electron chi connectivity index (χ3n) is 4.40. The van der Waals surface area contributed by atoms with E-state index in [2.05, 4.69) is 31.5 Å². The summed E-state index contributed by atoms with van der Waals surface area (Å²) in [7, 11) is -3.46. The van der Waals surface area contributed by atoms with Gasteiger partial charge in [0.1, 0.15) is 4.21 Å². The fourth-order valence-electron chi connectivity index (χ4n) is 2.92. The number of thiophene rings is 1. The smallest absolute Gasteiger partial charge is 0.252 e. The van der Waals surface area contributed by atoms with Crippen molar-refractivity contribution in [1.82, 2.24) is 24.5 Å². The Bertz CT molecular complexity index is 1040. The maximum absolute atomic E-state index is 12.8. The van der Waals surface area contributed by atoms with Crippen LogP contribution >= 0.6 is 27.3 Å². The average molecular weight is 469 g/mol. The van der Waals surface area contributed by atoms with Crippen LogP contribution < -0.4 is 4.90 Å². The molecule has 0 unspecified atom stereocenters. The van der Waals surface area contributed by atoms with Crippen LogP contribution in [0.15, 0.2) is 44.4 Å². The molecule has 3 heterocycles. The fraction of sp³-hybridized carbons (Fsp3) is 0.312. The van der Waals surface area contributed by atoms with Gasteiger partial charge in [-0.2, -0.15) is 8.99 Å². The third kappa shape index (κ3) is 3.64. The second kappa shape index (κ2) is 7.30. The van der Waals surface area contributed by atoms with Crippen molar-refractivity contribution in [3.63, 3.8) is 0 Å². The third-order valence-corrected chi connectivity index (χ3v) is 8.39. The zero-order valence-corrected chi connectivity index (χ0v) is 17.7. The predicted molar refractivity (Wildman–Crippen MR) is 107 cm³/mol. The Kier molecular flexibility index (Phi) is 5.01. The molecular weight excluding hydrogens is 452 g/mol. The van der Waals surface area contributed by atoms with Crippen LogP contribution in [0.1, 0.15) is 5.56 Å². The average Bonchev–Trinajstić information content (AvgIpc) is 3.32. The SMILES string of the molecule is Cc1ccc(-n2nnnc2N2CCN(S(=O)(=O)c3ccc(Br)s3)CC2)cc1. The molecule has 8 nitrogen and oxygen atoms in total. The molecule has 1 fully saturated rings. The van der Waals surface area contributed by atoms with Crippen LogP contribution in [0.5, 0.6) is 0 Å². The largest absolute Gasteiger partial charge is 0.337 e. The standard InChI is InChI=1S/C16H17BrN6O2S2/c1-12-2-4-13(5-3-12)23-16(18-19-20-23)21-8-10-22(11-9-21)27(24,25)15-7-6-14(17)26-15/h2-7H,8-11H2,1H3. The molecule has 27 heavy (non-hydrogen) atoms. The van der Waals surface area contributed by atoms with Gasteiger partial charge in [-0.15, -0.1) is 11.3 Å². The van der Waals surface area contributed by atoms with E-state index in [1.807, 2.05) is 36.1 Å². The van der Waals surface area contributed by atoms with Crippen molar-refractivity contribution in [2.24, 2.45) is 0 Å². The second-order valence-electron chi connectivity index (χ2n) is 6.18. The van der Waals surface area contributed by atoms with Gasteiger partial charge < -0.3 is 4.90 Å². The van der Waals surface area contributed by atoms with Crippen molar-refractivity contribution in [3.8, 4) is 5.69 Å². The Morgan fingerprint density at radius 3 is 2.37 bits per heavy atom. The second-order valence-corrected chi connectivity index (χ2v) is 10.8. The van der Waals surface area contributed by atoms with Crippen LogP contribution in [0.25, 0.3) is 5.69 Å². The lowest BCUT2D eigenvalue weighted by Crippen LogP contribution is -2.49. The Balaban J connectivity index is 1.51. The van der Waals surface area contributed by atoms with Gasteiger partial charge in [0, 0.05) is 26.2 Å². The highest BCUT2D eigenvalue weighted by Crippen LogP contribution is 2.29. The molecule has 0 radical (unpaired) electrons. The van der Waals surface area contributed by atoms with E-state index in [9.17, 15) is 8.42 Å². The monoisotopic (exact) mass is 468 g/mol. The molecule has 4 rings (SSSR count). The molecule has 0 saturated carbocycles. The van der Waals surface area contributed by atoms with Crippen molar-refractivity contribution in [2.45, 2.75) is 11.1 Å². The summed E-state index contributed by atoms with van der Waals surface area (Å²) in [6.45, 7) is 3.85. The highest BCUT2D eigenvalue weighted by Gasteiger charge is 2.31. The number of anilines is 1. The number of nitrogens with zero attached hydrogens (tertiary/aromatic N) is 6. The van der Waals surface area contributed by atoms with E-state index in [0.29, 0.717) is 36.3 Å². The summed E-state index contributed by atoms with van der Waals surface area (Å²) in [5.74, 6) is 0.620. The fourth-order valence-corrected chi connectivity index (χ4v) is 6.51. The van der Waals surface area contributed by atoms with Crippen LogP contribution in [0.4, 0.5) is 5.95 Å². The van der Waals surface area contributed by atoms with Gasteiger partial charge in [0.2, 0.25) is 5.95 Å². The number of piperazine rings is 1. The van der Waals surface area contributed by atoms with Crippen LogP contribution in [0.2, 0.25) is 0 Å². The van der Waals surface area contributed by atoms with E-state index < -0.39 is 10.0 Å². The number of benzene rings is 1. The zero-order chi connectivity index (χ0) is 19.0. The lowest BCUT2D eigenvalue weighted by atomic mass is 10.2. The molecule has 0 atom stereocenters. The van der Waals surface area contributed by atoms with Crippen molar-refractivity contribution in [1.29, 1.82) is 0 Å². The topological polar surface area (TPSA) is 84.2 Å². The normalized spacial score (nSPS) is 16.0. The number of aromatic nitrogens is 4. The van der Waals surface area contributed by atoms with Gasteiger partial charge in [0.25, 0.3) is 10.0 Å². The number of rotatable bonds is 4. The molecule has 1 aromatic carbocycles. The molecule has 142 valence electrons. The first-order valence-corrected chi connectivity index (χ1v) is 11.4. The first-order valence-electron chi connectivity index (χ1n) is 8.31. The molecule has 0 bridgehead atoms. The van der Waals surface area contributed by atoms with Crippen LogP contribution in [-0.2, 0) is 10.0 Å². The maximum Gasteiger partial charge on any atom is 0.252 e. The van der Waals surface area contributed by atoms with Crippen molar-refractivity contribution in [2.75, 3.05) is 31.1 Å². The number of sulfonamides is 1. The minimum absolute atomic E-state index is 0.354. The Labute approximate surface area is 169 Å². The summed E-state index contributed by atoms with van der Waals surface area (Å²) in [5, 5.41) is 12.0. The van der Waals surface area contributed by atoms with Crippen molar-refractivity contribution >= 4 is 43.2 Å². The van der Waals surface area contributed by atoms with Gasteiger partial charge >= 0.3 is 0 Å². The lowest BCUT2D eigenvalue weighted by molar-refractivity contribution is 0.382. The molecule has 1 aliphatic heterocycles. The Morgan fingerprint density at radius 2 is 1.74 bits per heavy atom. The van der Waals surface area contributed by atoms with E-state index in [0.717, 1.165) is 15.0 Å². The summed E-state index contributed by atoms with van der Waals surface area (Å²) in [6.07, 6.45) is 0. The molecule has 0 amide bonds. The van der Waals surface area contributed by atoms with Gasteiger partial charge in [-0.05, 0) is 57.5 Å². The summed E-state index contributed by atoms with van der Waals surface area (Å²) >= 11 is 4.55. The molecular formula is C16H17BrN6O2S2. The van der Waals surface area contributed by atoms with Gasteiger partial charge in [-0.3, -0.25) is 0 Å². The number of hydrogen-bond donors (Lipinski definition) is 0. The summed E-state index contributed by atoms with van der Waals surface area (Å²) in [5.41, 5.74) is 2.03. The van der Waals surface area contributed by atoms with Gasteiger partial charge in [0.15, 0.2) is 0 Å². The van der Waals surface area contributed by atoms with Gasteiger partial charge in [0.05, 0.1) is 9.47 Å². The van der Waals surface area contributed by atoms with E-state index in [4.69, 9.17) is 0 Å². The predicted octanol–water partition coefficient (Wildman–Crippen LogP) is 2.31. The van der Waals surface area contributed by atoms with E-state index in [1.165, 1.54) is 15.6 Å². The summed E-state index contributed by atoms with van der Waals surface area (Å²) < 4.78 is 29.9. The highest BCUT2D eigenvalue weighted by atomic mass is 79.9. The molecule has 0 aliphatic carbocycles. The number of aryl methyl sites for hydroxylation is 1. The molecule has 1 saturated heterocycles. The molecule has 1 aliphatic rings. The molecule has 0 spiro atoms. The first kappa shape index (κ1) is 18.5. The molecule has 11 heteroatoms. The number of hydrogen-bond acceptors (Lipinski definition) is 7. The maximum atomic E-state index is 12.8. The van der Waals surface area contributed by atoms with Crippen LogP contribution in [0.3, 0.4) is 0 Å². The minimum atomic E-state index is -3.46. The van der Waals surface area contributed by atoms with Crippen molar-refractivity contribution < 1.29 is 8.42 Å². The highest BCUT2D eigenvalue weighted by molar-refractivity contribution is 9.11. The van der Waals surface area contributed by atoms with Gasteiger partial charge in [-0.1, -0.05) is 22.8 Å². The lowest BCUT2D eigenvalue weighted by Gasteiger charge is -2.33. The van der Waals surface area contributed by atoms with Crippen LogP contribution in [0, 0.1) is 6.92 Å². The molecule has 0 N–H and O–H groups in total. The summed E-state index contributed by atoms with van der Waals surface area (Å²) in [6, 6.07) is 11.3. The summed E-state index contributed by atoms with van der Waals surface area (Å²) in [4.78, 5) is 2.01. The minimum Gasteiger partial charge on any atom is -0.337 e. The quantitative estimate of drug-likeness (QED) is 0.583. The van der Waals surface area contributed by atoms with Crippen LogP contribution in [-0.4, -0.2) is 59.1 Å². The molecule has 3 aromatic rings. The van der Waals surface area contributed by atoms with Gasteiger partial charge in [-0.25, -0.2) is 8.42 Å². The van der Waals surface area contributed by atoms with E-state index >= 15 is 0 Å². The van der Waals surface area contributed by atoms with E-state index in [-0.39, 0.29) is 0 Å².